The fourth-order valence-electron chi connectivity index (χ4n) is 2.27. The van der Waals surface area contributed by atoms with Gasteiger partial charge in [0, 0.05) is 0 Å². The molecule has 1 aliphatic heterocycles. The van der Waals surface area contributed by atoms with Gasteiger partial charge in [-0.25, -0.2) is 0 Å². The van der Waals surface area contributed by atoms with E-state index in [-0.39, 0.29) is 17.4 Å². The lowest BCUT2D eigenvalue weighted by molar-refractivity contribution is -0.114. The Labute approximate surface area is 137 Å². The first kappa shape index (κ1) is 15.1. The maximum Gasteiger partial charge on any atom is 0.280 e. The van der Waals surface area contributed by atoms with Gasteiger partial charge in [0.25, 0.3) is 5.91 Å². The van der Waals surface area contributed by atoms with Crippen LogP contribution in [0.4, 0.5) is 5.69 Å². The summed E-state index contributed by atoms with van der Waals surface area (Å²) in [5, 5.41) is 24.8. The number of hydrogen-bond donors (Lipinski definition) is 2. The summed E-state index contributed by atoms with van der Waals surface area (Å²) in [5.41, 5.74) is 2.03. The lowest BCUT2D eigenvalue weighted by Gasteiger charge is -2.13. The molecule has 0 aliphatic carbocycles. The minimum Gasteiger partial charge on any atom is -0.504 e. The summed E-state index contributed by atoms with van der Waals surface area (Å²) in [4.78, 5) is 12.6. The molecule has 0 unspecified atom stereocenters. The van der Waals surface area contributed by atoms with Gasteiger partial charge >= 0.3 is 0 Å². The molecule has 1 amide bonds. The van der Waals surface area contributed by atoms with Crippen LogP contribution in [0.2, 0.25) is 5.02 Å². The molecule has 116 valence electrons. The number of anilines is 1. The number of hydrogen-bond acceptors (Lipinski definition) is 4. The monoisotopic (exact) mass is 328 g/mol. The second-order valence-electron chi connectivity index (χ2n) is 5.06. The molecule has 6 heteroatoms. The second-order valence-corrected chi connectivity index (χ2v) is 5.47. The Balaban J connectivity index is 1.98. The molecule has 0 radical (unpaired) electrons. The van der Waals surface area contributed by atoms with Crippen LogP contribution in [0.1, 0.15) is 12.5 Å². The lowest BCUT2D eigenvalue weighted by Crippen LogP contribution is -2.21. The Bertz CT molecular complexity index is 859. The van der Waals surface area contributed by atoms with E-state index in [0.717, 1.165) is 0 Å². The normalized spacial score (nSPS) is 16.1. The van der Waals surface area contributed by atoms with Gasteiger partial charge in [0.05, 0.1) is 22.0 Å². The Morgan fingerprint density at radius 2 is 1.87 bits per heavy atom. The molecule has 0 spiro atoms. The number of halogens is 1. The smallest absolute Gasteiger partial charge is 0.280 e. The van der Waals surface area contributed by atoms with Crippen molar-refractivity contribution in [3.05, 3.63) is 58.6 Å². The van der Waals surface area contributed by atoms with Crippen molar-refractivity contribution in [3.8, 4) is 11.5 Å². The van der Waals surface area contributed by atoms with Gasteiger partial charge in [-0.15, -0.1) is 0 Å². The zero-order valence-electron chi connectivity index (χ0n) is 12.2. The van der Waals surface area contributed by atoms with Crippen molar-refractivity contribution in [1.82, 2.24) is 0 Å². The molecular formula is C17H13ClN2O3. The molecule has 0 fully saturated rings. The highest BCUT2D eigenvalue weighted by atomic mass is 35.5. The summed E-state index contributed by atoms with van der Waals surface area (Å²) in [5.74, 6) is -0.765. The Morgan fingerprint density at radius 3 is 2.57 bits per heavy atom. The fourth-order valence-corrected chi connectivity index (χ4v) is 2.48. The van der Waals surface area contributed by atoms with Crippen molar-refractivity contribution < 1.29 is 15.0 Å². The predicted octanol–water partition coefficient (Wildman–Crippen LogP) is 3.56. The van der Waals surface area contributed by atoms with Crippen molar-refractivity contribution in [2.75, 3.05) is 5.01 Å². The van der Waals surface area contributed by atoms with E-state index in [0.29, 0.717) is 27.6 Å². The molecule has 0 saturated heterocycles. The van der Waals surface area contributed by atoms with Gasteiger partial charge in [-0.3, -0.25) is 4.79 Å². The molecule has 3 rings (SSSR count). The van der Waals surface area contributed by atoms with Crippen molar-refractivity contribution in [2.24, 2.45) is 5.10 Å². The zero-order chi connectivity index (χ0) is 16.6. The number of amides is 1. The molecule has 0 aromatic heterocycles. The summed E-state index contributed by atoms with van der Waals surface area (Å²) >= 11 is 6.12. The lowest BCUT2D eigenvalue weighted by atomic mass is 10.1. The average molecular weight is 329 g/mol. The summed E-state index contributed by atoms with van der Waals surface area (Å²) in [6, 6.07) is 11.3. The second kappa shape index (κ2) is 5.78. The third-order valence-electron chi connectivity index (χ3n) is 3.45. The first-order chi connectivity index (χ1) is 11.0. The van der Waals surface area contributed by atoms with Crippen LogP contribution in [0.3, 0.4) is 0 Å². The number of rotatable bonds is 2. The fraction of sp³-hybridized carbons (Fsp3) is 0.0588. The molecule has 2 N–H and O–H groups in total. The molecule has 2 aromatic carbocycles. The Hall–Kier alpha value is -2.79. The highest BCUT2D eigenvalue weighted by Gasteiger charge is 2.29. The minimum atomic E-state index is -0.303. The van der Waals surface area contributed by atoms with Crippen LogP contribution in [-0.4, -0.2) is 21.8 Å². The van der Waals surface area contributed by atoms with Gasteiger partial charge in [-0.1, -0.05) is 29.8 Å². The largest absolute Gasteiger partial charge is 0.504 e. The van der Waals surface area contributed by atoms with Gasteiger partial charge in [0.15, 0.2) is 11.5 Å². The molecule has 0 bridgehead atoms. The van der Waals surface area contributed by atoms with Crippen LogP contribution >= 0.6 is 11.6 Å². The van der Waals surface area contributed by atoms with Crippen molar-refractivity contribution in [3.63, 3.8) is 0 Å². The summed E-state index contributed by atoms with van der Waals surface area (Å²) < 4.78 is 0. The van der Waals surface area contributed by atoms with E-state index < -0.39 is 0 Å². The molecular weight excluding hydrogens is 316 g/mol. The predicted molar refractivity (Wildman–Crippen MR) is 89.8 cm³/mol. The first-order valence-corrected chi connectivity index (χ1v) is 7.23. The SMILES string of the molecule is CC1=NN(c2ccccc2Cl)C(=O)/C1=C\c1ccc(O)c(O)c1. The quantitative estimate of drug-likeness (QED) is 0.654. The number of nitrogens with zero attached hydrogens (tertiary/aromatic N) is 2. The van der Waals surface area contributed by atoms with E-state index in [9.17, 15) is 15.0 Å². The number of phenols is 2. The number of phenolic OH excluding ortho intramolecular Hbond substituents is 2. The Kier molecular flexibility index (Phi) is 3.80. The van der Waals surface area contributed by atoms with Gasteiger partial charge in [0.2, 0.25) is 0 Å². The molecule has 1 aliphatic rings. The molecule has 0 atom stereocenters. The summed E-state index contributed by atoms with van der Waals surface area (Å²) in [7, 11) is 0. The molecule has 5 nitrogen and oxygen atoms in total. The van der Waals surface area contributed by atoms with Crippen LogP contribution in [0.5, 0.6) is 11.5 Å². The average Bonchev–Trinajstić information content (AvgIpc) is 2.79. The molecule has 23 heavy (non-hydrogen) atoms. The Morgan fingerprint density at radius 1 is 1.13 bits per heavy atom. The third kappa shape index (κ3) is 2.78. The van der Waals surface area contributed by atoms with Crippen LogP contribution in [0.25, 0.3) is 6.08 Å². The van der Waals surface area contributed by atoms with Crippen molar-refractivity contribution in [1.29, 1.82) is 0 Å². The van der Waals surface area contributed by atoms with Crippen LogP contribution in [0, 0.1) is 0 Å². The van der Waals surface area contributed by atoms with E-state index in [1.807, 2.05) is 0 Å². The van der Waals surface area contributed by atoms with E-state index in [4.69, 9.17) is 11.6 Å². The molecule has 0 saturated carbocycles. The number of aromatic hydroxyl groups is 2. The number of benzene rings is 2. The van der Waals surface area contributed by atoms with Crippen molar-refractivity contribution >= 4 is 35.0 Å². The standard InChI is InChI=1S/C17H13ClN2O3/c1-10-12(8-11-6-7-15(21)16(22)9-11)17(23)20(19-10)14-5-3-2-4-13(14)18/h2-9,21-22H,1H3/b12-8-. The zero-order valence-corrected chi connectivity index (χ0v) is 12.9. The topological polar surface area (TPSA) is 73.1 Å². The van der Waals surface area contributed by atoms with E-state index in [1.165, 1.54) is 17.1 Å². The first-order valence-electron chi connectivity index (χ1n) is 6.85. The molecule has 1 heterocycles. The van der Waals surface area contributed by atoms with Gasteiger partial charge in [-0.05, 0) is 42.8 Å². The summed E-state index contributed by atoms with van der Waals surface area (Å²) in [6.07, 6.45) is 1.61. The number of para-hydroxylation sites is 1. The maximum atomic E-state index is 12.6. The van der Waals surface area contributed by atoms with Gasteiger partial charge in [0.1, 0.15) is 0 Å². The number of hydrazone groups is 1. The van der Waals surface area contributed by atoms with Gasteiger partial charge < -0.3 is 10.2 Å². The van der Waals surface area contributed by atoms with Crippen LogP contribution in [-0.2, 0) is 4.79 Å². The van der Waals surface area contributed by atoms with E-state index in [2.05, 4.69) is 5.10 Å². The highest BCUT2D eigenvalue weighted by Crippen LogP contribution is 2.31. The number of carbonyl (C=O) groups is 1. The highest BCUT2D eigenvalue weighted by molar-refractivity contribution is 6.37. The number of carbonyl (C=O) groups excluding carboxylic acids is 1. The van der Waals surface area contributed by atoms with Crippen LogP contribution < -0.4 is 5.01 Å². The van der Waals surface area contributed by atoms with E-state index in [1.54, 1.807) is 43.3 Å². The van der Waals surface area contributed by atoms with Crippen molar-refractivity contribution in [2.45, 2.75) is 6.92 Å². The van der Waals surface area contributed by atoms with Crippen LogP contribution in [0.15, 0.2) is 53.1 Å². The van der Waals surface area contributed by atoms with E-state index >= 15 is 0 Å². The minimum absolute atomic E-state index is 0.215. The maximum absolute atomic E-state index is 12.6. The summed E-state index contributed by atoms with van der Waals surface area (Å²) in [6.45, 7) is 1.72. The van der Waals surface area contributed by atoms with Gasteiger partial charge in [-0.2, -0.15) is 10.1 Å². The molecule has 2 aromatic rings. The third-order valence-corrected chi connectivity index (χ3v) is 3.77.